The Morgan fingerprint density at radius 1 is 1.23 bits per heavy atom. The van der Waals surface area contributed by atoms with Crippen LogP contribution in [0.3, 0.4) is 0 Å². The lowest BCUT2D eigenvalue weighted by Gasteiger charge is -2.01. The fourth-order valence-corrected chi connectivity index (χ4v) is 2.15. The highest BCUT2D eigenvalue weighted by molar-refractivity contribution is 6.51. The second-order valence-corrected chi connectivity index (χ2v) is 5.20. The molecule has 13 heavy (non-hydrogen) atoms. The van der Waals surface area contributed by atoms with Gasteiger partial charge in [-0.2, -0.15) is 0 Å². The van der Waals surface area contributed by atoms with Crippen molar-refractivity contribution in [2.24, 2.45) is 0 Å². The molecule has 1 saturated carbocycles. The molecule has 1 aromatic carbocycles. The molecule has 0 spiro atoms. The van der Waals surface area contributed by atoms with E-state index in [-0.39, 0.29) is 0 Å². The van der Waals surface area contributed by atoms with Crippen LogP contribution in [-0.4, -0.2) is 4.33 Å². The van der Waals surface area contributed by atoms with Crippen LogP contribution >= 0.6 is 34.8 Å². The van der Waals surface area contributed by atoms with E-state index in [2.05, 4.69) is 12.1 Å². The van der Waals surface area contributed by atoms with Crippen LogP contribution in [0, 0.1) is 0 Å². The summed E-state index contributed by atoms with van der Waals surface area (Å²) in [5.74, 6) is 0.859. The maximum absolute atomic E-state index is 5.95. The van der Waals surface area contributed by atoms with Crippen LogP contribution in [-0.2, 0) is 5.88 Å². The van der Waals surface area contributed by atoms with Gasteiger partial charge in [-0.3, -0.25) is 0 Å². The normalized spacial score (nSPS) is 24.4. The molecule has 1 fully saturated rings. The smallest absolute Gasteiger partial charge is 0.122 e. The molecule has 1 unspecified atom stereocenters. The Kier molecular flexibility index (Phi) is 2.48. The number of hydrogen-bond acceptors (Lipinski definition) is 0. The van der Waals surface area contributed by atoms with E-state index >= 15 is 0 Å². The van der Waals surface area contributed by atoms with E-state index in [1.807, 2.05) is 12.1 Å². The molecule has 1 aromatic rings. The molecule has 70 valence electrons. The Hall–Kier alpha value is 0.0900. The topological polar surface area (TPSA) is 0 Å². The Morgan fingerprint density at radius 2 is 1.77 bits per heavy atom. The van der Waals surface area contributed by atoms with Gasteiger partial charge in [0.15, 0.2) is 0 Å². The summed E-state index contributed by atoms with van der Waals surface area (Å²) in [5, 5.41) is 0. The van der Waals surface area contributed by atoms with Gasteiger partial charge in [0.05, 0.1) is 0 Å². The Labute approximate surface area is 92.8 Å². The first-order valence-corrected chi connectivity index (χ1v) is 5.45. The summed E-state index contributed by atoms with van der Waals surface area (Å²) in [6, 6.07) is 8.14. The van der Waals surface area contributed by atoms with Crippen molar-refractivity contribution in [2.75, 3.05) is 0 Å². The maximum atomic E-state index is 5.95. The summed E-state index contributed by atoms with van der Waals surface area (Å²) in [6.07, 6.45) is 0.857. The van der Waals surface area contributed by atoms with E-state index in [9.17, 15) is 0 Å². The Morgan fingerprint density at radius 3 is 2.15 bits per heavy atom. The third kappa shape index (κ3) is 1.96. The highest BCUT2D eigenvalue weighted by Gasteiger charge is 2.52. The third-order valence-corrected chi connectivity index (χ3v) is 3.51. The molecule has 3 heteroatoms. The summed E-state index contributed by atoms with van der Waals surface area (Å²) in [4.78, 5) is 0. The standard InChI is InChI=1S/C10H9Cl3/c11-6-7-1-3-8(4-2-7)9-5-10(9,12)13/h1-4,9H,5-6H2. The summed E-state index contributed by atoms with van der Waals surface area (Å²) < 4.78 is -0.525. The number of benzene rings is 1. The SMILES string of the molecule is ClCc1ccc(C2CC2(Cl)Cl)cc1. The van der Waals surface area contributed by atoms with Crippen LogP contribution in [0.2, 0.25) is 0 Å². The first kappa shape index (κ1) is 9.64. The van der Waals surface area contributed by atoms with E-state index in [4.69, 9.17) is 34.8 Å². The maximum Gasteiger partial charge on any atom is 0.125 e. The van der Waals surface area contributed by atoms with Crippen molar-refractivity contribution in [1.29, 1.82) is 0 Å². The van der Waals surface area contributed by atoms with Crippen molar-refractivity contribution in [3.63, 3.8) is 0 Å². The minimum absolute atomic E-state index is 0.306. The summed E-state index contributed by atoms with van der Waals surface area (Å²) in [6.45, 7) is 0. The number of hydrogen-bond donors (Lipinski definition) is 0. The van der Waals surface area contributed by atoms with Crippen LogP contribution in [0.25, 0.3) is 0 Å². The van der Waals surface area contributed by atoms with Gasteiger partial charge in [-0.25, -0.2) is 0 Å². The van der Waals surface area contributed by atoms with Crippen molar-refractivity contribution >= 4 is 34.8 Å². The summed E-state index contributed by atoms with van der Waals surface area (Å²) in [7, 11) is 0. The van der Waals surface area contributed by atoms with E-state index in [1.54, 1.807) is 0 Å². The largest absolute Gasteiger partial charge is 0.125 e. The van der Waals surface area contributed by atoms with Crippen LogP contribution in [0.5, 0.6) is 0 Å². The molecule has 1 aliphatic carbocycles. The Balaban J connectivity index is 2.16. The molecule has 0 aliphatic heterocycles. The van der Waals surface area contributed by atoms with Gasteiger partial charge < -0.3 is 0 Å². The number of halogens is 3. The minimum Gasteiger partial charge on any atom is -0.122 e. The average molecular weight is 236 g/mol. The van der Waals surface area contributed by atoms with Crippen molar-refractivity contribution in [1.82, 2.24) is 0 Å². The van der Waals surface area contributed by atoms with Gasteiger partial charge in [0.25, 0.3) is 0 Å². The molecule has 2 rings (SSSR count). The summed E-state index contributed by atoms with van der Waals surface area (Å²) >= 11 is 17.6. The zero-order chi connectivity index (χ0) is 9.47. The molecule has 0 saturated heterocycles. The Bertz CT molecular complexity index is 302. The predicted octanol–water partition coefficient (Wildman–Crippen LogP) is 4.09. The van der Waals surface area contributed by atoms with Crippen LogP contribution in [0.15, 0.2) is 24.3 Å². The minimum atomic E-state index is -0.525. The van der Waals surface area contributed by atoms with Gasteiger partial charge in [0.2, 0.25) is 0 Å². The molecular weight excluding hydrogens is 226 g/mol. The lowest BCUT2D eigenvalue weighted by Crippen LogP contribution is -1.89. The van der Waals surface area contributed by atoms with Crippen molar-refractivity contribution in [2.45, 2.75) is 22.6 Å². The molecule has 0 aromatic heterocycles. The lowest BCUT2D eigenvalue weighted by molar-refractivity contribution is 1.10. The first-order valence-electron chi connectivity index (χ1n) is 4.16. The van der Waals surface area contributed by atoms with E-state index in [0.717, 1.165) is 12.0 Å². The molecule has 0 radical (unpaired) electrons. The van der Waals surface area contributed by atoms with Gasteiger partial charge in [-0.05, 0) is 17.5 Å². The fraction of sp³-hybridized carbons (Fsp3) is 0.400. The van der Waals surface area contributed by atoms with Crippen LogP contribution < -0.4 is 0 Å². The first-order chi connectivity index (χ1) is 6.13. The number of alkyl halides is 3. The van der Waals surface area contributed by atoms with Crippen molar-refractivity contribution in [3.05, 3.63) is 35.4 Å². The molecule has 1 aliphatic rings. The monoisotopic (exact) mass is 234 g/mol. The zero-order valence-corrected chi connectivity index (χ0v) is 9.20. The second kappa shape index (κ2) is 3.34. The van der Waals surface area contributed by atoms with Gasteiger partial charge in [-0.15, -0.1) is 34.8 Å². The molecule has 0 bridgehead atoms. The summed E-state index contributed by atoms with van der Waals surface area (Å²) in [5.41, 5.74) is 2.33. The zero-order valence-electron chi connectivity index (χ0n) is 6.93. The van der Waals surface area contributed by atoms with Gasteiger partial charge in [0, 0.05) is 11.8 Å². The lowest BCUT2D eigenvalue weighted by atomic mass is 10.1. The molecule has 0 nitrogen and oxygen atoms in total. The van der Waals surface area contributed by atoms with Crippen LogP contribution in [0.4, 0.5) is 0 Å². The van der Waals surface area contributed by atoms with E-state index in [0.29, 0.717) is 11.8 Å². The highest BCUT2D eigenvalue weighted by atomic mass is 35.5. The fourth-order valence-electron chi connectivity index (χ4n) is 1.41. The second-order valence-electron chi connectivity index (χ2n) is 3.39. The van der Waals surface area contributed by atoms with Gasteiger partial charge >= 0.3 is 0 Å². The number of rotatable bonds is 2. The predicted molar refractivity (Wildman–Crippen MR) is 57.8 cm³/mol. The molecule has 0 heterocycles. The molecule has 0 amide bonds. The highest BCUT2D eigenvalue weighted by Crippen LogP contribution is 2.59. The van der Waals surface area contributed by atoms with E-state index in [1.165, 1.54) is 5.56 Å². The third-order valence-electron chi connectivity index (χ3n) is 2.36. The van der Waals surface area contributed by atoms with Crippen LogP contribution in [0.1, 0.15) is 23.5 Å². The molecular formula is C10H9Cl3. The molecule has 1 atom stereocenters. The van der Waals surface area contributed by atoms with Crippen molar-refractivity contribution < 1.29 is 0 Å². The van der Waals surface area contributed by atoms with Gasteiger partial charge in [-0.1, -0.05) is 24.3 Å². The van der Waals surface area contributed by atoms with Gasteiger partial charge in [0.1, 0.15) is 4.33 Å². The van der Waals surface area contributed by atoms with Crippen molar-refractivity contribution in [3.8, 4) is 0 Å². The average Bonchev–Trinajstić information content (AvgIpc) is 2.76. The molecule has 0 N–H and O–H groups in total. The quantitative estimate of drug-likeness (QED) is 0.678. The van der Waals surface area contributed by atoms with E-state index < -0.39 is 4.33 Å².